The van der Waals surface area contributed by atoms with Crippen LogP contribution in [0.25, 0.3) is 22.4 Å². The van der Waals surface area contributed by atoms with E-state index in [0.717, 1.165) is 10.4 Å². The maximum absolute atomic E-state index is 13.4. The molecule has 4 aromatic rings. The van der Waals surface area contributed by atoms with Gasteiger partial charge in [-0.05, 0) is 42.5 Å². The summed E-state index contributed by atoms with van der Waals surface area (Å²) in [6.07, 6.45) is 1.34. The van der Waals surface area contributed by atoms with Crippen molar-refractivity contribution in [1.29, 1.82) is 0 Å². The molecule has 1 amide bonds. The van der Waals surface area contributed by atoms with Crippen LogP contribution in [-0.2, 0) is 21.4 Å². The van der Waals surface area contributed by atoms with Gasteiger partial charge < -0.3 is 10.3 Å². The highest BCUT2D eigenvalue weighted by atomic mass is 32.2. The Hall–Kier alpha value is -3.01. The van der Waals surface area contributed by atoms with Gasteiger partial charge in [0.25, 0.3) is 0 Å². The Morgan fingerprint density at radius 2 is 2.00 bits per heavy atom. The number of amides is 1. The third kappa shape index (κ3) is 4.57. The second-order valence-corrected chi connectivity index (χ2v) is 11.1. The van der Waals surface area contributed by atoms with Crippen molar-refractivity contribution in [2.45, 2.75) is 24.3 Å². The number of imidazole rings is 1. The Labute approximate surface area is 196 Å². The molecule has 0 spiro atoms. The summed E-state index contributed by atoms with van der Waals surface area (Å²) in [5.74, 6) is 0.245. The van der Waals surface area contributed by atoms with Crippen molar-refractivity contribution >= 4 is 38.3 Å². The van der Waals surface area contributed by atoms with Crippen LogP contribution in [0.5, 0.6) is 0 Å². The number of fused-ring (bicyclic) bond motifs is 1. The van der Waals surface area contributed by atoms with Gasteiger partial charge in [0, 0.05) is 23.5 Å². The number of nitrogens with zero attached hydrogens (tertiary/aromatic N) is 2. The minimum atomic E-state index is -3.73. The molecule has 0 aliphatic carbocycles. The van der Waals surface area contributed by atoms with Gasteiger partial charge in [-0.1, -0.05) is 36.4 Å². The van der Waals surface area contributed by atoms with E-state index in [-0.39, 0.29) is 23.3 Å². The molecule has 0 saturated carbocycles. The minimum absolute atomic E-state index is 0.0974. The van der Waals surface area contributed by atoms with Gasteiger partial charge in [-0.15, -0.1) is 11.3 Å². The predicted molar refractivity (Wildman–Crippen MR) is 129 cm³/mol. The van der Waals surface area contributed by atoms with Gasteiger partial charge in [0.2, 0.25) is 15.9 Å². The largest absolute Gasteiger partial charge is 0.351 e. The van der Waals surface area contributed by atoms with Crippen molar-refractivity contribution in [3.63, 3.8) is 0 Å². The quantitative estimate of drug-likeness (QED) is 0.436. The van der Waals surface area contributed by atoms with Crippen molar-refractivity contribution in [3.8, 4) is 11.4 Å². The van der Waals surface area contributed by atoms with E-state index in [1.54, 1.807) is 29.5 Å². The summed E-state index contributed by atoms with van der Waals surface area (Å²) in [7, 11) is -3.73. The molecule has 0 bridgehead atoms. The first-order chi connectivity index (χ1) is 16.0. The SMILES string of the molecule is O=C(NCc1cccs1)C1CCCN(S(=O)(=O)c2ccc3nc(-c4ccccc4)[nH]c3c2)C1. The standard InChI is InChI=1S/C24H24N4O3S2/c29-24(25-15-19-9-5-13-32-19)18-8-4-12-28(16-18)33(30,31)20-10-11-21-22(14-20)27-23(26-21)17-6-2-1-3-7-17/h1-3,5-7,9-11,13-14,18H,4,8,12,15-16H2,(H,25,29)(H,26,27). The first kappa shape index (κ1) is 21.8. The summed E-state index contributed by atoms with van der Waals surface area (Å²) < 4.78 is 28.2. The summed E-state index contributed by atoms with van der Waals surface area (Å²) in [5, 5.41) is 4.91. The van der Waals surface area contributed by atoms with E-state index in [9.17, 15) is 13.2 Å². The highest BCUT2D eigenvalue weighted by Crippen LogP contribution is 2.27. The zero-order valence-electron chi connectivity index (χ0n) is 17.9. The Morgan fingerprint density at radius 3 is 2.79 bits per heavy atom. The van der Waals surface area contributed by atoms with Crippen molar-refractivity contribution in [1.82, 2.24) is 19.6 Å². The molecule has 3 heterocycles. The summed E-state index contributed by atoms with van der Waals surface area (Å²) in [6, 6.07) is 18.6. The number of carbonyl (C=O) groups excluding carboxylic acids is 1. The van der Waals surface area contributed by atoms with Crippen molar-refractivity contribution in [3.05, 3.63) is 70.9 Å². The lowest BCUT2D eigenvalue weighted by molar-refractivity contribution is -0.126. The van der Waals surface area contributed by atoms with E-state index in [2.05, 4.69) is 15.3 Å². The van der Waals surface area contributed by atoms with Gasteiger partial charge in [-0.2, -0.15) is 4.31 Å². The molecule has 170 valence electrons. The summed E-state index contributed by atoms with van der Waals surface area (Å²) in [5.41, 5.74) is 2.31. The van der Waals surface area contributed by atoms with Crippen molar-refractivity contribution in [2.75, 3.05) is 13.1 Å². The third-order valence-electron chi connectivity index (χ3n) is 5.91. The lowest BCUT2D eigenvalue weighted by Crippen LogP contribution is -2.45. The van der Waals surface area contributed by atoms with Crippen molar-refractivity contribution in [2.24, 2.45) is 5.92 Å². The van der Waals surface area contributed by atoms with Gasteiger partial charge in [0.15, 0.2) is 0 Å². The number of rotatable bonds is 6. The topological polar surface area (TPSA) is 95.2 Å². The number of benzene rings is 2. The van der Waals surface area contributed by atoms with Crippen LogP contribution in [0.3, 0.4) is 0 Å². The average molecular weight is 481 g/mol. The zero-order chi connectivity index (χ0) is 22.8. The molecule has 7 nitrogen and oxygen atoms in total. The molecule has 2 aromatic carbocycles. The molecule has 9 heteroatoms. The summed E-state index contributed by atoms with van der Waals surface area (Å²) in [6.45, 7) is 1.07. The molecular formula is C24H24N4O3S2. The highest BCUT2D eigenvalue weighted by molar-refractivity contribution is 7.89. The maximum Gasteiger partial charge on any atom is 0.243 e. The molecule has 1 atom stereocenters. The number of piperidine rings is 1. The zero-order valence-corrected chi connectivity index (χ0v) is 19.5. The van der Waals surface area contributed by atoms with E-state index >= 15 is 0 Å². The third-order valence-corrected chi connectivity index (χ3v) is 8.65. The fraction of sp³-hybridized carbons (Fsp3) is 0.250. The molecule has 1 unspecified atom stereocenters. The van der Waals surface area contributed by atoms with Crippen LogP contribution in [0, 0.1) is 5.92 Å². The van der Waals surface area contributed by atoms with Crippen LogP contribution in [-0.4, -0.2) is 41.7 Å². The Balaban J connectivity index is 1.33. The lowest BCUT2D eigenvalue weighted by Gasteiger charge is -2.31. The molecule has 1 aliphatic heterocycles. The highest BCUT2D eigenvalue weighted by Gasteiger charge is 2.33. The molecule has 1 fully saturated rings. The van der Waals surface area contributed by atoms with Gasteiger partial charge in [-0.3, -0.25) is 4.79 Å². The Morgan fingerprint density at radius 1 is 1.15 bits per heavy atom. The first-order valence-corrected chi connectivity index (χ1v) is 13.2. The predicted octanol–water partition coefficient (Wildman–Crippen LogP) is 4.01. The van der Waals surface area contributed by atoms with Gasteiger partial charge >= 0.3 is 0 Å². The van der Waals surface area contributed by atoms with E-state index in [1.807, 2.05) is 47.8 Å². The van der Waals surface area contributed by atoms with Gasteiger partial charge in [0.1, 0.15) is 5.82 Å². The number of hydrogen-bond acceptors (Lipinski definition) is 5. The van der Waals surface area contributed by atoms with E-state index < -0.39 is 10.0 Å². The van der Waals surface area contributed by atoms with E-state index in [1.165, 1.54) is 4.31 Å². The van der Waals surface area contributed by atoms with Crippen LogP contribution >= 0.6 is 11.3 Å². The van der Waals surface area contributed by atoms with Crippen LogP contribution in [0.4, 0.5) is 0 Å². The van der Waals surface area contributed by atoms with Crippen molar-refractivity contribution < 1.29 is 13.2 Å². The normalized spacial score (nSPS) is 17.3. The number of sulfonamides is 1. The van der Waals surface area contributed by atoms with Crippen LogP contribution in [0.1, 0.15) is 17.7 Å². The second kappa shape index (κ2) is 9.09. The average Bonchev–Trinajstić information content (AvgIpc) is 3.52. The first-order valence-electron chi connectivity index (χ1n) is 10.9. The fourth-order valence-electron chi connectivity index (χ4n) is 4.14. The second-order valence-electron chi connectivity index (χ2n) is 8.13. The smallest absolute Gasteiger partial charge is 0.243 e. The van der Waals surface area contributed by atoms with E-state index in [0.29, 0.717) is 42.8 Å². The van der Waals surface area contributed by atoms with Crippen LogP contribution < -0.4 is 5.32 Å². The molecule has 33 heavy (non-hydrogen) atoms. The fourth-order valence-corrected chi connectivity index (χ4v) is 6.33. The lowest BCUT2D eigenvalue weighted by atomic mass is 9.99. The summed E-state index contributed by atoms with van der Waals surface area (Å²) >= 11 is 1.59. The molecule has 2 aromatic heterocycles. The molecule has 1 aliphatic rings. The number of carbonyl (C=O) groups is 1. The molecule has 0 radical (unpaired) electrons. The molecular weight excluding hydrogens is 456 g/mol. The summed E-state index contributed by atoms with van der Waals surface area (Å²) in [4.78, 5) is 21.8. The molecule has 5 rings (SSSR count). The number of thiophene rings is 1. The maximum atomic E-state index is 13.4. The molecule has 2 N–H and O–H groups in total. The minimum Gasteiger partial charge on any atom is -0.351 e. The van der Waals surface area contributed by atoms with Crippen LogP contribution in [0.15, 0.2) is 70.9 Å². The van der Waals surface area contributed by atoms with E-state index in [4.69, 9.17) is 0 Å². The number of nitrogens with one attached hydrogen (secondary N) is 2. The Kier molecular flexibility index (Phi) is 6.01. The van der Waals surface area contributed by atoms with Gasteiger partial charge in [0.05, 0.1) is 28.4 Å². The number of aromatic amines is 1. The molecule has 1 saturated heterocycles. The van der Waals surface area contributed by atoms with Gasteiger partial charge in [-0.25, -0.2) is 13.4 Å². The van der Waals surface area contributed by atoms with Crippen LogP contribution in [0.2, 0.25) is 0 Å². The number of aromatic nitrogens is 2. The number of H-pyrrole nitrogens is 1. The number of hydrogen-bond donors (Lipinski definition) is 2. The Bertz CT molecular complexity index is 1370. The monoisotopic (exact) mass is 480 g/mol.